The van der Waals surface area contributed by atoms with E-state index >= 15 is 0 Å². The fourth-order valence-corrected chi connectivity index (χ4v) is 4.27. The summed E-state index contributed by atoms with van der Waals surface area (Å²) in [6.45, 7) is -0.446. The molecule has 8 heteroatoms. The van der Waals surface area contributed by atoms with E-state index < -0.39 is 24.6 Å². The summed E-state index contributed by atoms with van der Waals surface area (Å²) >= 11 is 0. The standard InChI is InChI=1S/C19H24N2O6/c1-20-18(24)17-14-8-5-12(21(14)2)9-15(17)27-19(25)11-3-6-13(7-4-11)26-10-16(22)23/h3-4,6-7,12,14-15,17H,5,8-10H2,1-2H3,(H,20,24)(H,22,23)/p+1/t12?,14?,15?,17-/m1/s1. The first-order valence-corrected chi connectivity index (χ1v) is 9.11. The summed E-state index contributed by atoms with van der Waals surface area (Å²) in [7, 11) is 3.71. The molecule has 1 aromatic carbocycles. The van der Waals surface area contributed by atoms with Gasteiger partial charge in [-0.3, -0.25) is 4.79 Å². The Labute approximate surface area is 157 Å². The number of carboxylic acid groups (broad SMARTS) is 1. The Morgan fingerprint density at radius 2 is 1.93 bits per heavy atom. The molecule has 3 N–H and O–H groups in total. The number of amides is 1. The van der Waals surface area contributed by atoms with Crippen molar-refractivity contribution in [3.8, 4) is 5.75 Å². The zero-order valence-electron chi connectivity index (χ0n) is 15.4. The van der Waals surface area contributed by atoms with Crippen LogP contribution in [0.5, 0.6) is 5.75 Å². The van der Waals surface area contributed by atoms with E-state index in [1.807, 2.05) is 0 Å². The van der Waals surface area contributed by atoms with Crippen LogP contribution in [0.1, 0.15) is 29.6 Å². The second-order valence-corrected chi connectivity index (χ2v) is 7.15. The number of hydrogen-bond acceptors (Lipinski definition) is 5. The lowest BCUT2D eigenvalue weighted by atomic mass is 9.86. The number of esters is 1. The van der Waals surface area contributed by atoms with Gasteiger partial charge in [0.15, 0.2) is 6.61 Å². The summed E-state index contributed by atoms with van der Waals surface area (Å²) in [5, 5.41) is 11.3. The summed E-state index contributed by atoms with van der Waals surface area (Å²) < 4.78 is 10.8. The van der Waals surface area contributed by atoms with E-state index in [1.165, 1.54) is 29.2 Å². The Balaban J connectivity index is 1.68. The van der Waals surface area contributed by atoms with Gasteiger partial charge >= 0.3 is 11.9 Å². The van der Waals surface area contributed by atoms with Gasteiger partial charge in [0.05, 0.1) is 18.7 Å². The lowest BCUT2D eigenvalue weighted by Crippen LogP contribution is -3.17. The van der Waals surface area contributed by atoms with Gasteiger partial charge in [-0.25, -0.2) is 9.59 Å². The Hall–Kier alpha value is -2.61. The first kappa shape index (κ1) is 19.2. The highest BCUT2D eigenvalue weighted by Gasteiger charge is 2.53. The van der Waals surface area contributed by atoms with E-state index in [2.05, 4.69) is 12.4 Å². The second-order valence-electron chi connectivity index (χ2n) is 7.15. The number of aliphatic carboxylic acids is 1. The average Bonchev–Trinajstić information content (AvgIpc) is 2.89. The highest BCUT2D eigenvalue weighted by Crippen LogP contribution is 2.30. The predicted molar refractivity (Wildman–Crippen MR) is 94.6 cm³/mol. The number of fused-ring (bicyclic) bond motifs is 2. The van der Waals surface area contributed by atoms with Crippen molar-refractivity contribution in [2.24, 2.45) is 5.92 Å². The first-order valence-electron chi connectivity index (χ1n) is 9.11. The van der Waals surface area contributed by atoms with Crippen LogP contribution < -0.4 is 15.0 Å². The number of quaternary nitrogens is 1. The van der Waals surface area contributed by atoms with Crippen LogP contribution in [0.4, 0.5) is 0 Å². The molecule has 0 saturated carbocycles. The van der Waals surface area contributed by atoms with E-state index in [4.69, 9.17) is 14.6 Å². The number of nitrogens with one attached hydrogen (secondary N) is 2. The third kappa shape index (κ3) is 4.05. The van der Waals surface area contributed by atoms with Gasteiger partial charge < -0.3 is 24.8 Å². The fourth-order valence-electron chi connectivity index (χ4n) is 4.27. The minimum absolute atomic E-state index is 0.0880. The molecule has 2 heterocycles. The van der Waals surface area contributed by atoms with Gasteiger partial charge in [0.25, 0.3) is 0 Å². The van der Waals surface area contributed by atoms with Gasteiger partial charge in [0, 0.05) is 26.3 Å². The van der Waals surface area contributed by atoms with Gasteiger partial charge in [-0.2, -0.15) is 0 Å². The highest BCUT2D eigenvalue weighted by atomic mass is 16.5. The molecule has 27 heavy (non-hydrogen) atoms. The zero-order valence-corrected chi connectivity index (χ0v) is 15.4. The molecule has 4 unspecified atom stereocenters. The lowest BCUT2D eigenvalue weighted by molar-refractivity contribution is -0.926. The van der Waals surface area contributed by atoms with Crippen LogP contribution in [0.25, 0.3) is 0 Å². The molecule has 0 spiro atoms. The van der Waals surface area contributed by atoms with E-state index in [9.17, 15) is 14.4 Å². The van der Waals surface area contributed by atoms with Gasteiger partial charge in [-0.05, 0) is 24.3 Å². The van der Waals surface area contributed by atoms with Gasteiger partial charge in [-0.1, -0.05) is 0 Å². The molecule has 1 aromatic rings. The van der Waals surface area contributed by atoms with E-state index in [-0.39, 0.29) is 17.9 Å². The molecule has 8 nitrogen and oxygen atoms in total. The molecule has 0 radical (unpaired) electrons. The number of carboxylic acids is 1. The van der Waals surface area contributed by atoms with Gasteiger partial charge in [0.1, 0.15) is 23.8 Å². The van der Waals surface area contributed by atoms with Gasteiger partial charge in [0.2, 0.25) is 5.91 Å². The maximum absolute atomic E-state index is 12.6. The number of rotatable bonds is 6. The molecule has 0 aliphatic carbocycles. The van der Waals surface area contributed by atoms with Crippen molar-refractivity contribution < 1.29 is 33.9 Å². The van der Waals surface area contributed by atoms with Crippen LogP contribution in [0, 0.1) is 5.92 Å². The van der Waals surface area contributed by atoms with Crippen LogP contribution in [0.15, 0.2) is 24.3 Å². The molecule has 2 saturated heterocycles. The largest absolute Gasteiger partial charge is 0.482 e. The molecular formula is C19H25N2O6+. The maximum atomic E-state index is 12.6. The van der Waals surface area contributed by atoms with Crippen molar-refractivity contribution in [1.29, 1.82) is 0 Å². The van der Waals surface area contributed by atoms with Crippen molar-refractivity contribution in [2.45, 2.75) is 37.5 Å². The summed E-state index contributed by atoms with van der Waals surface area (Å²) in [6.07, 6.45) is 2.22. The van der Waals surface area contributed by atoms with Crippen LogP contribution in [0.2, 0.25) is 0 Å². The lowest BCUT2D eigenvalue weighted by Gasteiger charge is -2.38. The summed E-state index contributed by atoms with van der Waals surface area (Å²) in [4.78, 5) is 36.9. The number of piperidine rings is 1. The molecule has 3 rings (SSSR count). The molecule has 2 fully saturated rings. The first-order chi connectivity index (χ1) is 12.9. The number of carbonyl (C=O) groups is 3. The number of hydrogen-bond donors (Lipinski definition) is 3. The summed E-state index contributed by atoms with van der Waals surface area (Å²) in [6, 6.07) is 6.68. The smallest absolute Gasteiger partial charge is 0.341 e. The average molecular weight is 377 g/mol. The second kappa shape index (κ2) is 7.96. The van der Waals surface area contributed by atoms with Crippen LogP contribution in [-0.2, 0) is 14.3 Å². The van der Waals surface area contributed by atoms with Gasteiger partial charge in [-0.15, -0.1) is 0 Å². The van der Waals surface area contributed by atoms with E-state index in [1.54, 1.807) is 7.05 Å². The van der Waals surface area contributed by atoms with Crippen molar-refractivity contribution in [3.63, 3.8) is 0 Å². The third-order valence-corrected chi connectivity index (χ3v) is 5.67. The minimum Gasteiger partial charge on any atom is -0.482 e. The molecule has 2 aliphatic rings. The topological polar surface area (TPSA) is 106 Å². The molecule has 146 valence electrons. The minimum atomic E-state index is -1.07. The monoisotopic (exact) mass is 377 g/mol. The van der Waals surface area contributed by atoms with Crippen molar-refractivity contribution in [1.82, 2.24) is 5.32 Å². The number of ether oxygens (including phenoxy) is 2. The Bertz CT molecular complexity index is 719. The van der Waals surface area contributed by atoms with Crippen molar-refractivity contribution in [3.05, 3.63) is 29.8 Å². The van der Waals surface area contributed by atoms with Crippen LogP contribution >= 0.6 is 0 Å². The molecule has 0 aromatic heterocycles. The molecule has 5 atom stereocenters. The van der Waals surface area contributed by atoms with Crippen LogP contribution in [0.3, 0.4) is 0 Å². The quantitative estimate of drug-likeness (QED) is 0.577. The fraction of sp³-hybridized carbons (Fsp3) is 0.526. The number of benzene rings is 1. The zero-order chi connectivity index (χ0) is 19.6. The highest BCUT2D eigenvalue weighted by molar-refractivity contribution is 5.90. The SMILES string of the molecule is CNC(=O)[C@H]1C(OC(=O)c2ccc(OCC(=O)O)cc2)CC2CCC1[NH+]2C. The summed E-state index contributed by atoms with van der Waals surface area (Å²) in [5.41, 5.74) is 0.340. The molecule has 2 bridgehead atoms. The Morgan fingerprint density at radius 1 is 1.22 bits per heavy atom. The maximum Gasteiger partial charge on any atom is 0.341 e. The van der Waals surface area contributed by atoms with E-state index in [0.717, 1.165) is 12.8 Å². The normalized spacial score (nSPS) is 29.0. The molecule has 1 amide bonds. The predicted octanol–water partition coefficient (Wildman–Crippen LogP) is -0.513. The summed E-state index contributed by atoms with van der Waals surface area (Å²) in [5.74, 6) is -1.64. The molecular weight excluding hydrogens is 352 g/mol. The third-order valence-electron chi connectivity index (χ3n) is 5.67. The number of carbonyl (C=O) groups excluding carboxylic acids is 2. The molecule has 2 aliphatic heterocycles. The van der Waals surface area contributed by atoms with E-state index in [0.29, 0.717) is 23.8 Å². The van der Waals surface area contributed by atoms with Crippen molar-refractivity contribution >= 4 is 17.8 Å². The van der Waals surface area contributed by atoms with Crippen LogP contribution in [-0.4, -0.2) is 61.8 Å². The Morgan fingerprint density at radius 3 is 2.56 bits per heavy atom. The van der Waals surface area contributed by atoms with Crippen molar-refractivity contribution in [2.75, 3.05) is 20.7 Å². The Kier molecular flexibility index (Phi) is 5.65.